The van der Waals surface area contributed by atoms with Crippen molar-refractivity contribution in [1.82, 2.24) is 14.7 Å². The fourth-order valence-corrected chi connectivity index (χ4v) is 2.62. The van der Waals surface area contributed by atoms with Crippen molar-refractivity contribution in [2.45, 2.75) is 20.8 Å². The predicted octanol–water partition coefficient (Wildman–Crippen LogP) is 1.88. The maximum absolute atomic E-state index is 12.8. The van der Waals surface area contributed by atoms with Crippen LogP contribution in [0.1, 0.15) is 27.2 Å². The van der Waals surface area contributed by atoms with Crippen molar-refractivity contribution in [2.24, 2.45) is 0 Å². The summed E-state index contributed by atoms with van der Waals surface area (Å²) in [6, 6.07) is 6.15. The van der Waals surface area contributed by atoms with Gasteiger partial charge in [0.1, 0.15) is 0 Å². The monoisotopic (exact) mass is 331 g/mol. The Balaban J connectivity index is 2.34. The molecule has 6 nitrogen and oxygen atoms in total. The number of nitrogens with zero attached hydrogens (tertiary/aromatic N) is 3. The van der Waals surface area contributed by atoms with Crippen LogP contribution in [-0.4, -0.2) is 59.1 Å². The molecule has 0 saturated heterocycles. The van der Waals surface area contributed by atoms with Crippen LogP contribution in [0.5, 0.6) is 0 Å². The van der Waals surface area contributed by atoms with Gasteiger partial charge in [0.15, 0.2) is 0 Å². The lowest BCUT2D eigenvalue weighted by Crippen LogP contribution is -2.36. The summed E-state index contributed by atoms with van der Waals surface area (Å²) in [5.74, 6) is -0.143. The molecule has 0 radical (unpaired) electrons. The second kappa shape index (κ2) is 8.08. The Labute approximate surface area is 142 Å². The fraction of sp³-hybridized carbons (Fsp3) is 0.444. The van der Waals surface area contributed by atoms with Crippen LogP contribution in [-0.2, 0) is 4.74 Å². The van der Waals surface area contributed by atoms with Crippen LogP contribution < -0.4 is 0 Å². The van der Waals surface area contributed by atoms with Crippen molar-refractivity contribution in [1.29, 1.82) is 0 Å². The molecule has 0 fully saturated rings. The van der Waals surface area contributed by atoms with E-state index in [-0.39, 0.29) is 19.1 Å². The summed E-state index contributed by atoms with van der Waals surface area (Å²) in [4.78, 5) is 14.3. The molecular formula is C18H25N3O3. The zero-order chi connectivity index (χ0) is 17.7. The van der Waals surface area contributed by atoms with Crippen LogP contribution in [0.2, 0.25) is 0 Å². The van der Waals surface area contributed by atoms with E-state index >= 15 is 0 Å². The number of hydrogen-bond acceptors (Lipinski definition) is 4. The van der Waals surface area contributed by atoms with Gasteiger partial charge in [-0.15, -0.1) is 0 Å². The van der Waals surface area contributed by atoms with Gasteiger partial charge in [-0.1, -0.05) is 12.1 Å². The van der Waals surface area contributed by atoms with Gasteiger partial charge >= 0.3 is 0 Å². The van der Waals surface area contributed by atoms with Gasteiger partial charge in [0.05, 0.1) is 36.4 Å². The number of amides is 1. The molecule has 6 heteroatoms. The zero-order valence-corrected chi connectivity index (χ0v) is 14.7. The summed E-state index contributed by atoms with van der Waals surface area (Å²) in [7, 11) is 1.59. The lowest BCUT2D eigenvalue weighted by molar-refractivity contribution is 0.0655. The second-order valence-electron chi connectivity index (χ2n) is 5.85. The number of ether oxygens (including phenoxy) is 1. The Morgan fingerprint density at radius 1 is 1.29 bits per heavy atom. The number of hydrogen-bond donors (Lipinski definition) is 1. The highest BCUT2D eigenvalue weighted by Crippen LogP contribution is 2.20. The standard InChI is InChI=1S/C18H25N3O3/c1-13-5-6-14(2)17(11-13)21-15(3)16(12-19-21)18(23)20(7-9-22)8-10-24-4/h5-6,11-12,22H,7-10H2,1-4H3. The van der Waals surface area contributed by atoms with E-state index in [0.29, 0.717) is 18.7 Å². The molecule has 24 heavy (non-hydrogen) atoms. The minimum Gasteiger partial charge on any atom is -0.395 e. The van der Waals surface area contributed by atoms with Gasteiger partial charge in [0, 0.05) is 20.2 Å². The molecule has 0 aliphatic heterocycles. The molecule has 1 N–H and O–H groups in total. The Kier molecular flexibility index (Phi) is 6.11. The normalized spacial score (nSPS) is 10.9. The summed E-state index contributed by atoms with van der Waals surface area (Å²) >= 11 is 0. The molecule has 2 aromatic rings. The van der Waals surface area contributed by atoms with Gasteiger partial charge < -0.3 is 14.7 Å². The van der Waals surface area contributed by atoms with Gasteiger partial charge in [-0.2, -0.15) is 5.10 Å². The lowest BCUT2D eigenvalue weighted by Gasteiger charge is -2.21. The van der Waals surface area contributed by atoms with Gasteiger partial charge in [0.2, 0.25) is 0 Å². The molecule has 0 saturated carbocycles. The molecule has 0 bridgehead atoms. The van der Waals surface area contributed by atoms with Crippen LogP contribution in [0.3, 0.4) is 0 Å². The third kappa shape index (κ3) is 3.83. The summed E-state index contributed by atoms with van der Waals surface area (Å²) < 4.78 is 6.84. The maximum atomic E-state index is 12.8. The predicted molar refractivity (Wildman–Crippen MR) is 92.6 cm³/mol. The quantitative estimate of drug-likeness (QED) is 0.841. The number of carbonyl (C=O) groups excluding carboxylic acids is 1. The Bertz CT molecular complexity index is 710. The van der Waals surface area contributed by atoms with E-state index in [2.05, 4.69) is 17.2 Å². The molecule has 2 rings (SSSR count). The van der Waals surface area contributed by atoms with Crippen molar-refractivity contribution < 1.29 is 14.6 Å². The molecule has 0 unspecified atom stereocenters. The molecule has 1 amide bonds. The first kappa shape index (κ1) is 18.2. The van der Waals surface area contributed by atoms with E-state index in [1.165, 1.54) is 0 Å². The highest BCUT2D eigenvalue weighted by atomic mass is 16.5. The molecule has 1 heterocycles. The van der Waals surface area contributed by atoms with Gasteiger partial charge in [-0.05, 0) is 38.0 Å². The Morgan fingerprint density at radius 3 is 2.71 bits per heavy atom. The van der Waals surface area contributed by atoms with Crippen LogP contribution >= 0.6 is 0 Å². The number of aliphatic hydroxyl groups excluding tert-OH is 1. The molecule has 0 atom stereocenters. The second-order valence-corrected chi connectivity index (χ2v) is 5.85. The highest BCUT2D eigenvalue weighted by molar-refractivity contribution is 5.95. The van der Waals surface area contributed by atoms with Crippen molar-refractivity contribution in [3.05, 3.63) is 46.8 Å². The van der Waals surface area contributed by atoms with Crippen molar-refractivity contribution in [3.8, 4) is 5.69 Å². The molecular weight excluding hydrogens is 306 g/mol. The number of aliphatic hydroxyl groups is 1. The van der Waals surface area contributed by atoms with Gasteiger partial charge in [0.25, 0.3) is 5.91 Å². The molecule has 130 valence electrons. The van der Waals surface area contributed by atoms with E-state index in [1.54, 1.807) is 22.9 Å². The largest absolute Gasteiger partial charge is 0.395 e. The van der Waals surface area contributed by atoms with Crippen molar-refractivity contribution >= 4 is 5.91 Å². The summed E-state index contributed by atoms with van der Waals surface area (Å²) in [6.07, 6.45) is 1.59. The first-order valence-corrected chi connectivity index (χ1v) is 8.01. The Hall–Kier alpha value is -2.18. The third-order valence-corrected chi connectivity index (χ3v) is 4.06. The summed E-state index contributed by atoms with van der Waals surface area (Å²) in [5.41, 5.74) is 4.53. The highest BCUT2D eigenvalue weighted by Gasteiger charge is 2.21. The van der Waals surface area contributed by atoms with E-state index in [1.807, 2.05) is 26.8 Å². The number of aromatic nitrogens is 2. The fourth-order valence-electron chi connectivity index (χ4n) is 2.62. The first-order chi connectivity index (χ1) is 11.5. The zero-order valence-electron chi connectivity index (χ0n) is 14.7. The Morgan fingerprint density at radius 2 is 2.04 bits per heavy atom. The van der Waals surface area contributed by atoms with Gasteiger partial charge in [-0.25, -0.2) is 4.68 Å². The first-order valence-electron chi connectivity index (χ1n) is 8.01. The number of benzene rings is 1. The van der Waals surface area contributed by atoms with Crippen LogP contribution in [0.15, 0.2) is 24.4 Å². The number of methoxy groups -OCH3 is 1. The summed E-state index contributed by atoms with van der Waals surface area (Å²) in [6.45, 7) is 6.99. The van der Waals surface area contributed by atoms with Crippen LogP contribution in [0.4, 0.5) is 0 Å². The molecule has 0 aliphatic carbocycles. The number of carbonyl (C=O) groups is 1. The van der Waals surface area contributed by atoms with E-state index in [0.717, 1.165) is 22.5 Å². The van der Waals surface area contributed by atoms with Crippen molar-refractivity contribution in [2.75, 3.05) is 33.4 Å². The van der Waals surface area contributed by atoms with Gasteiger partial charge in [-0.3, -0.25) is 4.79 Å². The SMILES string of the molecule is COCCN(CCO)C(=O)c1cnn(-c2cc(C)ccc2C)c1C. The minimum absolute atomic E-state index is 0.0837. The third-order valence-electron chi connectivity index (χ3n) is 4.06. The average molecular weight is 331 g/mol. The lowest BCUT2D eigenvalue weighted by atomic mass is 10.1. The van der Waals surface area contributed by atoms with E-state index in [4.69, 9.17) is 4.74 Å². The maximum Gasteiger partial charge on any atom is 0.257 e. The topological polar surface area (TPSA) is 67.6 Å². The summed E-state index contributed by atoms with van der Waals surface area (Å²) in [5, 5.41) is 13.6. The minimum atomic E-state index is -0.143. The van der Waals surface area contributed by atoms with Crippen LogP contribution in [0.25, 0.3) is 5.69 Å². The molecule has 0 spiro atoms. The molecule has 1 aromatic heterocycles. The van der Waals surface area contributed by atoms with Crippen molar-refractivity contribution in [3.63, 3.8) is 0 Å². The number of rotatable bonds is 7. The molecule has 1 aromatic carbocycles. The van der Waals surface area contributed by atoms with E-state index < -0.39 is 0 Å². The average Bonchev–Trinajstić information content (AvgIpc) is 2.94. The van der Waals surface area contributed by atoms with Crippen LogP contribution in [0, 0.1) is 20.8 Å². The van der Waals surface area contributed by atoms with E-state index in [9.17, 15) is 9.90 Å². The number of aryl methyl sites for hydroxylation is 2. The molecule has 0 aliphatic rings. The smallest absolute Gasteiger partial charge is 0.257 e.